The van der Waals surface area contributed by atoms with Crippen molar-refractivity contribution in [2.75, 3.05) is 31.5 Å². The van der Waals surface area contributed by atoms with E-state index in [9.17, 15) is 9.90 Å². The molecule has 10 heteroatoms. The summed E-state index contributed by atoms with van der Waals surface area (Å²) in [7, 11) is 1.94. The molecule has 5 rings (SSSR count). The maximum atomic E-state index is 11.7. The Labute approximate surface area is 202 Å². The van der Waals surface area contributed by atoms with Gasteiger partial charge in [0.15, 0.2) is 16.5 Å². The van der Waals surface area contributed by atoms with Crippen molar-refractivity contribution in [1.82, 2.24) is 15.4 Å². The van der Waals surface area contributed by atoms with Crippen molar-refractivity contribution < 1.29 is 19.4 Å². The van der Waals surface area contributed by atoms with Crippen molar-refractivity contribution in [3.63, 3.8) is 0 Å². The molecule has 180 valence electrons. The molecule has 3 aliphatic rings. The van der Waals surface area contributed by atoms with Gasteiger partial charge < -0.3 is 25.3 Å². The molecule has 3 aliphatic heterocycles. The molecule has 0 amide bonds. The number of carbonyl (C=O) groups is 1. The van der Waals surface area contributed by atoms with Crippen LogP contribution >= 0.6 is 11.8 Å². The molecular weight excluding hydrogens is 454 g/mol. The number of hydrogen-bond acceptors (Lipinski definition) is 9. The second kappa shape index (κ2) is 9.71. The molecule has 0 spiro atoms. The van der Waals surface area contributed by atoms with Crippen LogP contribution in [0.15, 0.2) is 35.3 Å². The van der Waals surface area contributed by atoms with Crippen LogP contribution < -0.4 is 20.2 Å². The minimum Gasteiger partial charge on any atom is -0.481 e. The number of carboxylic acid groups (broad SMARTS) is 1. The number of rotatable bonds is 9. The van der Waals surface area contributed by atoms with Crippen LogP contribution in [0.1, 0.15) is 42.0 Å². The zero-order valence-electron chi connectivity index (χ0n) is 19.1. The topological polar surface area (TPSA) is 108 Å². The van der Waals surface area contributed by atoms with Crippen LogP contribution in [0.3, 0.4) is 0 Å². The van der Waals surface area contributed by atoms with Crippen LogP contribution in [0.4, 0.5) is 5.82 Å². The van der Waals surface area contributed by atoms with E-state index >= 15 is 0 Å². The third-order valence-electron chi connectivity index (χ3n) is 6.49. The van der Waals surface area contributed by atoms with Gasteiger partial charge in [-0.1, -0.05) is 12.1 Å². The van der Waals surface area contributed by atoms with E-state index < -0.39 is 11.0 Å². The smallest absolute Gasteiger partial charge is 0.303 e. The first-order valence-corrected chi connectivity index (χ1v) is 12.5. The van der Waals surface area contributed by atoms with Gasteiger partial charge >= 0.3 is 5.97 Å². The summed E-state index contributed by atoms with van der Waals surface area (Å²) in [5.74, 6) is 2.06. The fourth-order valence-electron chi connectivity index (χ4n) is 4.62. The third kappa shape index (κ3) is 4.78. The first-order chi connectivity index (χ1) is 16.5. The highest BCUT2D eigenvalue weighted by molar-refractivity contribution is 8.00. The number of pyridine rings is 1. The van der Waals surface area contributed by atoms with Crippen molar-refractivity contribution in [2.24, 2.45) is 4.99 Å². The molecule has 9 nitrogen and oxygen atoms in total. The maximum Gasteiger partial charge on any atom is 0.303 e. The highest BCUT2D eigenvalue weighted by Crippen LogP contribution is 2.43. The van der Waals surface area contributed by atoms with E-state index in [-0.39, 0.29) is 19.1 Å². The number of ether oxygens (including phenoxy) is 2. The Morgan fingerprint density at radius 2 is 2.18 bits per heavy atom. The van der Waals surface area contributed by atoms with Gasteiger partial charge in [0.25, 0.3) is 0 Å². The molecule has 2 unspecified atom stereocenters. The number of carboxylic acids is 1. The van der Waals surface area contributed by atoms with Crippen molar-refractivity contribution in [3.8, 4) is 11.5 Å². The predicted molar refractivity (Wildman–Crippen MR) is 132 cm³/mol. The van der Waals surface area contributed by atoms with Gasteiger partial charge in [-0.3, -0.25) is 4.79 Å². The van der Waals surface area contributed by atoms with Crippen molar-refractivity contribution >= 4 is 29.9 Å². The fraction of sp³-hybridized carbons (Fsp3) is 0.458. The molecule has 34 heavy (non-hydrogen) atoms. The van der Waals surface area contributed by atoms with Crippen molar-refractivity contribution in [2.45, 2.75) is 43.0 Å². The van der Waals surface area contributed by atoms with E-state index in [1.165, 1.54) is 5.56 Å². The molecule has 3 N–H and O–H groups in total. The number of aliphatic carboxylic acids is 1. The van der Waals surface area contributed by atoms with Gasteiger partial charge in [-0.2, -0.15) is 5.01 Å². The van der Waals surface area contributed by atoms with E-state index in [1.54, 1.807) is 18.1 Å². The van der Waals surface area contributed by atoms with Gasteiger partial charge in [0.1, 0.15) is 12.2 Å². The van der Waals surface area contributed by atoms with Crippen molar-refractivity contribution in [1.29, 1.82) is 0 Å². The highest BCUT2D eigenvalue weighted by Gasteiger charge is 2.41. The van der Waals surface area contributed by atoms with Crippen LogP contribution in [0.2, 0.25) is 0 Å². The maximum absolute atomic E-state index is 11.7. The Morgan fingerprint density at radius 1 is 1.29 bits per heavy atom. The van der Waals surface area contributed by atoms with E-state index in [2.05, 4.69) is 22.9 Å². The average Bonchev–Trinajstić information content (AvgIpc) is 3.44. The number of benzene rings is 1. The largest absolute Gasteiger partial charge is 0.481 e. The number of thioether (sulfide) groups is 1. The van der Waals surface area contributed by atoms with Crippen LogP contribution in [-0.4, -0.2) is 58.5 Å². The van der Waals surface area contributed by atoms with Crippen LogP contribution in [0.5, 0.6) is 11.5 Å². The SMILES string of the molecule is CN1NC=NC1(CC(CC(=O)O)c1ccc2c(c1)OCO2)SCCc1ccc2c(n1)NCCC2. The molecule has 2 atom stereocenters. The third-order valence-corrected chi connectivity index (χ3v) is 7.90. The number of nitrogens with one attached hydrogen (secondary N) is 2. The zero-order chi connectivity index (χ0) is 23.5. The van der Waals surface area contributed by atoms with Gasteiger partial charge in [0.2, 0.25) is 6.79 Å². The molecule has 0 saturated heterocycles. The second-order valence-corrected chi connectivity index (χ2v) is 10.1. The first-order valence-electron chi connectivity index (χ1n) is 11.5. The van der Waals surface area contributed by atoms with Crippen molar-refractivity contribution in [3.05, 3.63) is 47.2 Å². The van der Waals surface area contributed by atoms with Gasteiger partial charge in [0, 0.05) is 31.5 Å². The number of aromatic nitrogens is 1. The minimum absolute atomic E-state index is 0.00333. The Hall–Kier alpha value is -2.98. The molecule has 0 fully saturated rings. The number of hydrazine groups is 1. The predicted octanol–water partition coefficient (Wildman–Crippen LogP) is 3.22. The Bertz CT molecular complexity index is 1100. The summed E-state index contributed by atoms with van der Waals surface area (Å²) in [4.78, 5) is 20.7. The van der Waals surface area contributed by atoms with E-state index in [1.807, 2.05) is 30.3 Å². The molecule has 0 bridgehead atoms. The molecule has 0 saturated carbocycles. The lowest BCUT2D eigenvalue weighted by atomic mass is 9.90. The first kappa shape index (κ1) is 22.8. The second-order valence-electron chi connectivity index (χ2n) is 8.74. The Balaban J connectivity index is 1.31. The summed E-state index contributed by atoms with van der Waals surface area (Å²) >= 11 is 1.70. The number of nitrogens with zero attached hydrogens (tertiary/aromatic N) is 3. The Kier molecular flexibility index (Phi) is 6.51. The molecule has 4 heterocycles. The van der Waals surface area contributed by atoms with E-state index in [4.69, 9.17) is 19.5 Å². The van der Waals surface area contributed by atoms with Crippen LogP contribution in [0, 0.1) is 0 Å². The summed E-state index contributed by atoms with van der Waals surface area (Å²) in [6.45, 7) is 1.16. The van der Waals surface area contributed by atoms with Crippen LogP contribution in [0.25, 0.3) is 0 Å². The lowest BCUT2D eigenvalue weighted by Crippen LogP contribution is -2.45. The summed E-state index contributed by atoms with van der Waals surface area (Å²) < 4.78 is 10.9. The summed E-state index contributed by atoms with van der Waals surface area (Å²) in [5.41, 5.74) is 6.39. The number of anilines is 1. The Morgan fingerprint density at radius 3 is 3.00 bits per heavy atom. The monoisotopic (exact) mass is 483 g/mol. The zero-order valence-corrected chi connectivity index (χ0v) is 19.9. The van der Waals surface area contributed by atoms with Gasteiger partial charge in [0.05, 0.1) is 6.42 Å². The number of hydrogen-bond donors (Lipinski definition) is 3. The molecule has 0 radical (unpaired) electrons. The summed E-state index contributed by atoms with van der Waals surface area (Å²) in [5, 5.41) is 15.0. The lowest BCUT2D eigenvalue weighted by molar-refractivity contribution is -0.137. The minimum atomic E-state index is -0.842. The summed E-state index contributed by atoms with van der Waals surface area (Å²) in [6.07, 6.45) is 5.24. The molecule has 1 aromatic heterocycles. The van der Waals surface area contributed by atoms with E-state index in [0.29, 0.717) is 17.9 Å². The summed E-state index contributed by atoms with van der Waals surface area (Å²) in [6, 6.07) is 9.95. The van der Waals surface area contributed by atoms with Gasteiger partial charge in [-0.05, 0) is 54.5 Å². The quantitative estimate of drug-likeness (QED) is 0.495. The number of fused-ring (bicyclic) bond motifs is 2. The van der Waals surface area contributed by atoms with Crippen LogP contribution in [-0.2, 0) is 17.6 Å². The number of aliphatic imine (C=N–C) groups is 1. The van der Waals surface area contributed by atoms with E-state index in [0.717, 1.165) is 48.6 Å². The molecule has 2 aromatic rings. The fourth-order valence-corrected chi connectivity index (χ4v) is 5.95. The molecule has 0 aliphatic carbocycles. The van der Waals surface area contributed by atoms with Gasteiger partial charge in [-0.15, -0.1) is 11.8 Å². The number of aryl methyl sites for hydroxylation is 2. The van der Waals surface area contributed by atoms with Gasteiger partial charge in [-0.25, -0.2) is 9.98 Å². The molecule has 1 aromatic carbocycles. The highest BCUT2D eigenvalue weighted by atomic mass is 32.2. The average molecular weight is 484 g/mol. The normalized spacial score (nSPS) is 21.6. The lowest BCUT2D eigenvalue weighted by Gasteiger charge is -2.35. The standard InChI is InChI=1S/C24H29N5O4S/c1-29-24(26-14-27-29,34-10-8-19-6-4-16-3-2-9-25-23(16)28-19)13-18(12-22(30)31)17-5-7-20-21(11-17)33-15-32-20/h4-7,11,14,18H,2-3,8-10,12-13,15H2,1H3,(H,25,28)(H,26,27)(H,30,31). The molecular formula is C24H29N5O4S.